The first kappa shape index (κ1) is 24.2. The van der Waals surface area contributed by atoms with Gasteiger partial charge in [0.2, 0.25) is 5.56 Å². The molecule has 2 aliphatic rings. The lowest BCUT2D eigenvalue weighted by atomic mass is 9.89. The molecule has 182 valence electrons. The van der Waals surface area contributed by atoms with Crippen LogP contribution in [-0.4, -0.2) is 40.4 Å². The van der Waals surface area contributed by atoms with Crippen molar-refractivity contribution in [2.45, 2.75) is 25.7 Å². The summed E-state index contributed by atoms with van der Waals surface area (Å²) >= 11 is 0. The smallest absolute Gasteiger partial charge is 0.252 e. The Morgan fingerprint density at radius 1 is 1.23 bits per heavy atom. The van der Waals surface area contributed by atoms with Crippen LogP contribution >= 0.6 is 0 Å². The Kier molecular flexibility index (Phi) is 7.62. The number of benzene rings is 1. The predicted molar refractivity (Wildman–Crippen MR) is 135 cm³/mol. The molecular formula is C27H29FN4O3. The molecule has 1 aromatic carbocycles. The number of hydrogen-bond acceptors (Lipinski definition) is 5. The largest absolute Gasteiger partial charge is 0.354 e. The van der Waals surface area contributed by atoms with Crippen LogP contribution in [0.5, 0.6) is 0 Å². The molecule has 0 saturated carbocycles. The molecule has 0 aliphatic carbocycles. The molecular weight excluding hydrogens is 447 g/mol. The Balaban J connectivity index is 1.45. The van der Waals surface area contributed by atoms with Crippen LogP contribution < -0.4 is 10.9 Å². The van der Waals surface area contributed by atoms with E-state index in [1.807, 2.05) is 54.5 Å². The van der Waals surface area contributed by atoms with E-state index < -0.39 is 6.61 Å². The molecule has 0 unspecified atom stereocenters. The van der Waals surface area contributed by atoms with Crippen LogP contribution in [0.1, 0.15) is 36.8 Å². The van der Waals surface area contributed by atoms with E-state index in [0.717, 1.165) is 41.2 Å². The molecule has 4 rings (SSSR count). The van der Waals surface area contributed by atoms with Crippen LogP contribution in [0.4, 0.5) is 10.2 Å². The number of nitrogens with one attached hydrogen (secondary N) is 2. The van der Waals surface area contributed by atoms with Crippen LogP contribution in [-0.2, 0) is 9.74 Å². The van der Waals surface area contributed by atoms with Crippen molar-refractivity contribution in [3.8, 4) is 0 Å². The van der Waals surface area contributed by atoms with Crippen LogP contribution in [0.25, 0.3) is 5.70 Å². The number of aromatic nitrogens is 1. The number of carbonyl (C=O) groups excluding carboxylic acids is 1. The molecule has 1 aromatic heterocycles. The second-order valence-corrected chi connectivity index (χ2v) is 8.53. The summed E-state index contributed by atoms with van der Waals surface area (Å²) in [5, 5.41) is 3.44. The first-order chi connectivity index (χ1) is 17.0. The van der Waals surface area contributed by atoms with Gasteiger partial charge in [0.1, 0.15) is 0 Å². The highest BCUT2D eigenvalue weighted by Gasteiger charge is 2.24. The molecule has 0 radical (unpaired) electrons. The van der Waals surface area contributed by atoms with E-state index in [4.69, 9.17) is 0 Å². The summed E-state index contributed by atoms with van der Waals surface area (Å²) in [4.78, 5) is 33.3. The van der Waals surface area contributed by atoms with Gasteiger partial charge in [-0.1, -0.05) is 24.8 Å². The number of aromatic amines is 1. The molecule has 0 atom stereocenters. The topological polar surface area (TPSA) is 77.7 Å². The monoisotopic (exact) mass is 476 g/mol. The average molecular weight is 477 g/mol. The molecule has 0 bridgehead atoms. The summed E-state index contributed by atoms with van der Waals surface area (Å²) in [5.41, 5.74) is 5.27. The fraction of sp³-hybridized carbons (Fsp3) is 0.259. The molecule has 0 spiro atoms. The summed E-state index contributed by atoms with van der Waals surface area (Å²) < 4.78 is 12.0. The number of H-pyrrole nitrogens is 1. The average Bonchev–Trinajstić information content (AvgIpc) is 2.87. The summed E-state index contributed by atoms with van der Waals surface area (Å²) in [5.74, 6) is 0.0441. The number of allylic oxidation sites excluding steroid dienone is 3. The number of nitrogens with zero attached hydrogens (tertiary/aromatic N) is 2. The minimum absolute atomic E-state index is 0.159. The zero-order chi connectivity index (χ0) is 24.8. The number of pyridine rings is 1. The summed E-state index contributed by atoms with van der Waals surface area (Å²) in [6.45, 7) is 6.88. The maximum absolute atomic E-state index is 12.0. The number of halogens is 1. The van der Waals surface area contributed by atoms with Crippen LogP contribution in [0.3, 0.4) is 0 Å². The lowest BCUT2D eigenvalue weighted by Crippen LogP contribution is -2.39. The normalized spacial score (nSPS) is 16.9. The third kappa shape index (κ3) is 5.60. The lowest BCUT2D eigenvalue weighted by Gasteiger charge is -2.32. The molecule has 7 nitrogen and oxygen atoms in total. The molecule has 35 heavy (non-hydrogen) atoms. The van der Waals surface area contributed by atoms with E-state index in [9.17, 15) is 14.1 Å². The standard InChI is InChI=1S/C27H29FN4O3/c1-3-14-32-19(2)24(8-9-25(32)22-10-13-29-26(33)17-22)30-23-6-4-20(5-7-23)21-11-15-31(16-12-21)27(34)18-35-28/h3-10,13-14,17,21,30H,2,11-12,15-16,18H2,1H3,(H,29,33)/b14-3-. The van der Waals surface area contributed by atoms with Crippen molar-refractivity contribution in [1.82, 2.24) is 14.8 Å². The number of likely N-dealkylation sites (tertiary alicyclic amines) is 1. The minimum Gasteiger partial charge on any atom is -0.354 e. The van der Waals surface area contributed by atoms with Crippen LogP contribution in [0.2, 0.25) is 0 Å². The molecule has 2 N–H and O–H groups in total. The molecule has 1 amide bonds. The van der Waals surface area contributed by atoms with Gasteiger partial charge in [-0.25, -0.2) is 0 Å². The first-order valence-corrected chi connectivity index (χ1v) is 11.6. The van der Waals surface area contributed by atoms with Crippen molar-refractivity contribution in [2.75, 3.05) is 25.0 Å². The molecule has 1 fully saturated rings. The number of anilines is 1. The fourth-order valence-corrected chi connectivity index (χ4v) is 4.48. The maximum Gasteiger partial charge on any atom is 0.252 e. The number of piperidine rings is 1. The van der Waals surface area contributed by atoms with Gasteiger partial charge in [0.05, 0.1) is 17.1 Å². The van der Waals surface area contributed by atoms with Crippen molar-refractivity contribution in [3.05, 3.63) is 106 Å². The second-order valence-electron chi connectivity index (χ2n) is 8.53. The highest BCUT2D eigenvalue weighted by atomic mass is 19.3. The van der Waals surface area contributed by atoms with E-state index >= 15 is 0 Å². The number of carbonyl (C=O) groups is 1. The summed E-state index contributed by atoms with van der Waals surface area (Å²) in [6, 6.07) is 11.7. The SMILES string of the molecule is C=C1C(Nc2ccc(C3CCN(C(=O)COF)CC3)cc2)=CC=C(c2cc[nH]c(=O)c2)N1/C=C\C. The zero-order valence-corrected chi connectivity index (χ0v) is 19.7. The zero-order valence-electron chi connectivity index (χ0n) is 19.7. The Morgan fingerprint density at radius 3 is 2.63 bits per heavy atom. The third-order valence-corrected chi connectivity index (χ3v) is 6.32. The predicted octanol–water partition coefficient (Wildman–Crippen LogP) is 4.68. The molecule has 1 saturated heterocycles. The fourth-order valence-electron chi connectivity index (χ4n) is 4.48. The Morgan fingerprint density at radius 2 is 1.97 bits per heavy atom. The van der Waals surface area contributed by atoms with E-state index in [-0.39, 0.29) is 11.5 Å². The number of hydrogen-bond donors (Lipinski definition) is 2. The Bertz CT molecular complexity index is 1220. The van der Waals surface area contributed by atoms with Crippen molar-refractivity contribution in [3.63, 3.8) is 0 Å². The van der Waals surface area contributed by atoms with Gasteiger partial charge < -0.3 is 20.1 Å². The van der Waals surface area contributed by atoms with Gasteiger partial charge in [0, 0.05) is 42.8 Å². The number of rotatable bonds is 7. The Hall–Kier alpha value is -3.91. The third-order valence-electron chi connectivity index (χ3n) is 6.32. The van der Waals surface area contributed by atoms with E-state index in [1.54, 1.807) is 17.2 Å². The van der Waals surface area contributed by atoms with Gasteiger partial charge in [-0.05, 0) is 66.1 Å². The maximum atomic E-state index is 12.0. The van der Waals surface area contributed by atoms with Gasteiger partial charge >= 0.3 is 0 Å². The Labute approximate surface area is 203 Å². The van der Waals surface area contributed by atoms with Gasteiger partial charge in [-0.15, -0.1) is 0 Å². The van der Waals surface area contributed by atoms with Crippen LogP contribution in [0.15, 0.2) is 89.8 Å². The highest BCUT2D eigenvalue weighted by Crippen LogP contribution is 2.33. The quantitative estimate of drug-likeness (QED) is 0.607. The number of amides is 1. The van der Waals surface area contributed by atoms with Crippen molar-refractivity contribution < 1.29 is 14.3 Å². The van der Waals surface area contributed by atoms with Gasteiger partial charge in [-0.2, -0.15) is 4.94 Å². The highest BCUT2D eigenvalue weighted by molar-refractivity contribution is 5.77. The van der Waals surface area contributed by atoms with Crippen molar-refractivity contribution in [1.29, 1.82) is 0 Å². The first-order valence-electron chi connectivity index (χ1n) is 11.6. The van der Waals surface area contributed by atoms with Gasteiger partial charge in [0.25, 0.3) is 5.91 Å². The molecule has 2 aliphatic heterocycles. The van der Waals surface area contributed by atoms with E-state index in [2.05, 4.69) is 34.0 Å². The molecule has 2 aromatic rings. The van der Waals surface area contributed by atoms with Crippen molar-refractivity contribution in [2.24, 2.45) is 0 Å². The van der Waals surface area contributed by atoms with Gasteiger partial charge in [0.15, 0.2) is 6.61 Å². The van der Waals surface area contributed by atoms with Crippen molar-refractivity contribution >= 4 is 17.3 Å². The summed E-state index contributed by atoms with van der Waals surface area (Å²) in [6.07, 6.45) is 11.1. The van der Waals surface area contributed by atoms with Gasteiger partial charge in [-0.3, -0.25) is 9.59 Å². The minimum atomic E-state index is -0.516. The molecule has 8 heteroatoms. The summed E-state index contributed by atoms with van der Waals surface area (Å²) in [7, 11) is 0. The van der Waals surface area contributed by atoms with E-state index in [0.29, 0.717) is 19.0 Å². The molecule has 3 heterocycles. The van der Waals surface area contributed by atoms with Crippen LogP contribution in [0, 0.1) is 0 Å². The lowest BCUT2D eigenvalue weighted by molar-refractivity contribution is -0.165. The van der Waals surface area contributed by atoms with E-state index in [1.165, 1.54) is 5.56 Å². The second kappa shape index (κ2) is 11.0.